The van der Waals surface area contributed by atoms with E-state index in [2.05, 4.69) is 10.3 Å². The zero-order valence-electron chi connectivity index (χ0n) is 15.9. The summed E-state index contributed by atoms with van der Waals surface area (Å²) in [4.78, 5) is 29.5. The van der Waals surface area contributed by atoms with Gasteiger partial charge in [0.05, 0.1) is 17.0 Å². The van der Waals surface area contributed by atoms with Crippen LogP contribution in [-0.2, 0) is 22.2 Å². The largest absolute Gasteiger partial charge is 0.417 e. The summed E-state index contributed by atoms with van der Waals surface area (Å²) < 4.78 is 38.3. The van der Waals surface area contributed by atoms with Crippen LogP contribution in [0.5, 0.6) is 0 Å². The minimum absolute atomic E-state index is 0.0208. The smallest absolute Gasteiger partial charge is 0.369 e. The number of aromatic nitrogens is 1. The summed E-state index contributed by atoms with van der Waals surface area (Å²) in [6.45, 7) is 0.859. The highest BCUT2D eigenvalue weighted by molar-refractivity contribution is 6.33. The number of primary amides is 1. The number of carbonyl (C=O) groups is 2. The zero-order chi connectivity index (χ0) is 21.9. The van der Waals surface area contributed by atoms with Crippen molar-refractivity contribution >= 4 is 34.9 Å². The van der Waals surface area contributed by atoms with E-state index in [9.17, 15) is 22.8 Å². The van der Waals surface area contributed by atoms with Crippen molar-refractivity contribution < 1.29 is 22.8 Å². The maximum Gasteiger partial charge on any atom is 0.417 e. The molecular weight excluding hydrogens is 421 g/mol. The number of para-hydroxylation sites is 1. The van der Waals surface area contributed by atoms with Crippen LogP contribution in [0.3, 0.4) is 0 Å². The van der Waals surface area contributed by atoms with Crippen molar-refractivity contribution in [1.82, 2.24) is 4.98 Å². The van der Waals surface area contributed by atoms with Crippen LogP contribution < -0.4 is 16.0 Å². The van der Waals surface area contributed by atoms with Gasteiger partial charge in [0, 0.05) is 30.9 Å². The van der Waals surface area contributed by atoms with Crippen molar-refractivity contribution in [2.24, 2.45) is 11.7 Å². The van der Waals surface area contributed by atoms with Crippen LogP contribution in [0, 0.1) is 5.92 Å². The van der Waals surface area contributed by atoms with Crippen LogP contribution in [0.25, 0.3) is 0 Å². The van der Waals surface area contributed by atoms with E-state index >= 15 is 0 Å². The first-order valence-electron chi connectivity index (χ1n) is 9.30. The molecule has 2 heterocycles. The second-order valence-corrected chi connectivity index (χ2v) is 7.49. The molecule has 10 heteroatoms. The van der Waals surface area contributed by atoms with E-state index in [0.29, 0.717) is 37.2 Å². The lowest BCUT2D eigenvalue weighted by molar-refractivity contribution is -0.137. The lowest BCUT2D eigenvalue weighted by Gasteiger charge is -2.32. The normalized spacial score (nSPS) is 15.1. The summed E-state index contributed by atoms with van der Waals surface area (Å²) in [5.74, 6) is -0.685. The number of hydrogen-bond acceptors (Lipinski definition) is 4. The number of carbonyl (C=O) groups excluding carboxylic acids is 2. The van der Waals surface area contributed by atoms with Gasteiger partial charge in [-0.1, -0.05) is 29.8 Å². The van der Waals surface area contributed by atoms with Gasteiger partial charge in [0.2, 0.25) is 11.8 Å². The highest BCUT2D eigenvalue weighted by Gasteiger charge is 2.33. The molecule has 0 aliphatic carbocycles. The number of nitrogens with two attached hydrogens (primary N) is 1. The SMILES string of the molecule is NC(=O)Cc1ccccc1NC(=O)C1CCN(c2ncc(C(F)(F)F)cc2Cl)CC1. The van der Waals surface area contributed by atoms with E-state index in [4.69, 9.17) is 17.3 Å². The predicted molar refractivity (Wildman–Crippen MR) is 107 cm³/mol. The third-order valence-corrected chi connectivity index (χ3v) is 5.23. The number of nitrogens with one attached hydrogen (secondary N) is 1. The minimum Gasteiger partial charge on any atom is -0.369 e. The molecule has 1 saturated heterocycles. The molecule has 1 aromatic heterocycles. The Hall–Kier alpha value is -2.81. The molecule has 30 heavy (non-hydrogen) atoms. The van der Waals surface area contributed by atoms with Crippen LogP contribution in [0.1, 0.15) is 24.0 Å². The van der Waals surface area contributed by atoms with Crippen LogP contribution in [0.4, 0.5) is 24.7 Å². The monoisotopic (exact) mass is 440 g/mol. The Morgan fingerprint density at radius 1 is 1.23 bits per heavy atom. The Morgan fingerprint density at radius 2 is 1.90 bits per heavy atom. The van der Waals surface area contributed by atoms with Crippen molar-refractivity contribution in [2.75, 3.05) is 23.3 Å². The van der Waals surface area contributed by atoms with Gasteiger partial charge in [0.25, 0.3) is 0 Å². The molecule has 3 rings (SSSR count). The summed E-state index contributed by atoms with van der Waals surface area (Å²) in [6.07, 6.45) is -2.75. The first-order chi connectivity index (χ1) is 14.1. The van der Waals surface area contributed by atoms with Crippen LogP contribution in [-0.4, -0.2) is 29.9 Å². The molecule has 0 unspecified atom stereocenters. The van der Waals surface area contributed by atoms with Gasteiger partial charge in [0.15, 0.2) is 0 Å². The minimum atomic E-state index is -4.51. The van der Waals surface area contributed by atoms with Crippen molar-refractivity contribution in [3.8, 4) is 0 Å². The summed E-state index contributed by atoms with van der Waals surface area (Å²) >= 11 is 6.01. The maximum atomic E-state index is 12.8. The lowest BCUT2D eigenvalue weighted by Crippen LogP contribution is -2.38. The number of anilines is 2. The zero-order valence-corrected chi connectivity index (χ0v) is 16.6. The summed E-state index contributed by atoms with van der Waals surface area (Å²) in [5.41, 5.74) is 5.52. The van der Waals surface area contributed by atoms with Gasteiger partial charge >= 0.3 is 6.18 Å². The number of alkyl halides is 3. The Kier molecular flexibility index (Phi) is 6.50. The van der Waals surface area contributed by atoms with E-state index in [1.54, 1.807) is 29.2 Å². The van der Waals surface area contributed by atoms with Gasteiger partial charge in [-0.2, -0.15) is 13.2 Å². The van der Waals surface area contributed by atoms with Gasteiger partial charge in [-0.25, -0.2) is 4.98 Å². The Morgan fingerprint density at radius 3 is 2.50 bits per heavy atom. The fraction of sp³-hybridized carbons (Fsp3) is 0.350. The second kappa shape index (κ2) is 8.91. The molecule has 1 aliphatic heterocycles. The van der Waals surface area contributed by atoms with Crippen molar-refractivity contribution in [3.05, 3.63) is 52.7 Å². The molecule has 1 aromatic carbocycles. The Labute approximate surface area is 176 Å². The van der Waals surface area contributed by atoms with Gasteiger partial charge in [0.1, 0.15) is 5.82 Å². The third-order valence-electron chi connectivity index (χ3n) is 4.95. The fourth-order valence-corrected chi connectivity index (χ4v) is 3.68. The second-order valence-electron chi connectivity index (χ2n) is 7.08. The molecule has 2 amide bonds. The van der Waals surface area contributed by atoms with Crippen molar-refractivity contribution in [1.29, 1.82) is 0 Å². The van der Waals surface area contributed by atoms with Crippen molar-refractivity contribution in [3.63, 3.8) is 0 Å². The molecule has 0 saturated carbocycles. The lowest BCUT2D eigenvalue weighted by atomic mass is 9.95. The predicted octanol–water partition coefficient (Wildman–Crippen LogP) is 3.64. The van der Waals surface area contributed by atoms with E-state index in [0.717, 1.165) is 12.3 Å². The number of amides is 2. The first kappa shape index (κ1) is 21.9. The number of pyridine rings is 1. The molecule has 3 N–H and O–H groups in total. The third kappa shape index (κ3) is 5.21. The average Bonchev–Trinajstić information content (AvgIpc) is 2.68. The van der Waals surface area contributed by atoms with Gasteiger partial charge in [-0.3, -0.25) is 9.59 Å². The van der Waals surface area contributed by atoms with Crippen LogP contribution in [0.2, 0.25) is 5.02 Å². The summed E-state index contributed by atoms with van der Waals surface area (Å²) in [5, 5.41) is 2.77. The average molecular weight is 441 g/mol. The molecule has 0 radical (unpaired) electrons. The number of benzene rings is 1. The molecule has 2 aromatic rings. The maximum absolute atomic E-state index is 12.8. The molecule has 1 aliphatic rings. The van der Waals surface area contributed by atoms with E-state index in [-0.39, 0.29) is 29.1 Å². The van der Waals surface area contributed by atoms with Crippen molar-refractivity contribution in [2.45, 2.75) is 25.4 Å². The summed E-state index contributed by atoms with van der Waals surface area (Å²) in [6, 6.07) is 7.80. The molecule has 0 atom stereocenters. The number of rotatable bonds is 5. The number of nitrogens with zero attached hydrogens (tertiary/aromatic N) is 2. The van der Waals surface area contributed by atoms with Crippen LogP contribution >= 0.6 is 11.6 Å². The highest BCUT2D eigenvalue weighted by Crippen LogP contribution is 2.34. The molecule has 6 nitrogen and oxygen atoms in total. The van der Waals surface area contributed by atoms with Gasteiger partial charge in [-0.05, 0) is 30.5 Å². The first-order valence-corrected chi connectivity index (χ1v) is 9.67. The number of hydrogen-bond donors (Lipinski definition) is 2. The molecule has 1 fully saturated rings. The fourth-order valence-electron chi connectivity index (χ4n) is 3.39. The van der Waals surface area contributed by atoms with Gasteiger partial charge < -0.3 is 16.0 Å². The standard InChI is InChI=1S/C20H20ClF3N4O2/c21-15-10-14(20(22,23)24)11-26-18(15)28-7-5-12(6-8-28)19(30)27-16-4-2-1-3-13(16)9-17(25)29/h1-4,10-12H,5-9H2,(H2,25,29)(H,27,30). The van der Waals surface area contributed by atoms with E-state index < -0.39 is 17.6 Å². The molecule has 160 valence electrons. The molecular formula is C20H20ClF3N4O2. The topological polar surface area (TPSA) is 88.3 Å². The Bertz CT molecular complexity index is 944. The van der Waals surface area contributed by atoms with E-state index in [1.807, 2.05) is 0 Å². The molecule has 0 bridgehead atoms. The highest BCUT2D eigenvalue weighted by atomic mass is 35.5. The number of piperidine rings is 1. The van der Waals surface area contributed by atoms with Crippen LogP contribution in [0.15, 0.2) is 36.5 Å². The quantitative estimate of drug-likeness (QED) is 0.743. The molecule has 0 spiro atoms. The Balaban J connectivity index is 1.62. The number of halogens is 4. The summed E-state index contributed by atoms with van der Waals surface area (Å²) in [7, 11) is 0. The van der Waals surface area contributed by atoms with E-state index in [1.165, 1.54) is 0 Å². The van der Waals surface area contributed by atoms with Gasteiger partial charge in [-0.15, -0.1) is 0 Å².